The van der Waals surface area contributed by atoms with Gasteiger partial charge in [0.1, 0.15) is 5.69 Å². The van der Waals surface area contributed by atoms with Crippen LogP contribution in [0.15, 0.2) is 60.7 Å². The maximum atomic E-state index is 12.0. The van der Waals surface area contributed by atoms with Crippen molar-refractivity contribution in [2.45, 2.75) is 24.8 Å². The smallest absolute Gasteiger partial charge is 0.292 e. The number of halogens is 2. The molecule has 3 aromatic carbocycles. The van der Waals surface area contributed by atoms with Crippen molar-refractivity contribution in [3.63, 3.8) is 0 Å². The number of nitrogens with one attached hydrogen (secondary N) is 2. The summed E-state index contributed by atoms with van der Waals surface area (Å²) in [5, 5.41) is 18.0. The summed E-state index contributed by atoms with van der Waals surface area (Å²) in [6, 6.07) is 19.3. The topological polar surface area (TPSA) is 74.2 Å². The van der Waals surface area contributed by atoms with Crippen molar-refractivity contribution in [3.05, 3.63) is 103 Å². The van der Waals surface area contributed by atoms with Crippen LogP contribution in [-0.2, 0) is 0 Å². The van der Waals surface area contributed by atoms with Crippen LogP contribution >= 0.6 is 23.2 Å². The summed E-state index contributed by atoms with van der Waals surface area (Å²) in [4.78, 5) is 17.5. The monoisotopic (exact) mass is 506 g/mol. The number of benzene rings is 3. The molecule has 2 atom stereocenters. The number of H-pyrrole nitrogens is 1. The molecular formula is C27H24Cl2N4O2. The summed E-state index contributed by atoms with van der Waals surface area (Å²) in [6.45, 7) is 2.36. The molecule has 6 rings (SSSR count). The fourth-order valence-corrected chi connectivity index (χ4v) is 6.19. The average molecular weight is 507 g/mol. The third-order valence-corrected chi connectivity index (χ3v) is 7.82. The first-order valence-corrected chi connectivity index (χ1v) is 12.6. The van der Waals surface area contributed by atoms with Crippen LogP contribution < -0.4 is 10.2 Å². The number of aromatic amines is 1. The van der Waals surface area contributed by atoms with E-state index in [2.05, 4.69) is 27.3 Å². The third-order valence-electron chi connectivity index (χ3n) is 7.25. The molecule has 0 radical (unpaired) electrons. The quantitative estimate of drug-likeness (QED) is 0.235. The molecule has 2 aliphatic heterocycles. The molecule has 0 bridgehead atoms. The van der Waals surface area contributed by atoms with Gasteiger partial charge in [0.2, 0.25) is 0 Å². The Kier molecular flexibility index (Phi) is 5.67. The van der Waals surface area contributed by atoms with Gasteiger partial charge in [-0.2, -0.15) is 0 Å². The SMILES string of the molecule is O=[N+]([O-])c1cc([C@H]2NC[C@H](c3ccc(Cl)cc3Cl)c3c2[nH]c2ccccc32)ccc1N1CCCC1. The summed E-state index contributed by atoms with van der Waals surface area (Å²) in [5.41, 5.74) is 5.94. The predicted molar refractivity (Wildman–Crippen MR) is 141 cm³/mol. The summed E-state index contributed by atoms with van der Waals surface area (Å²) in [7, 11) is 0. The van der Waals surface area contributed by atoms with Gasteiger partial charge >= 0.3 is 0 Å². The first-order chi connectivity index (χ1) is 17.0. The van der Waals surface area contributed by atoms with Crippen molar-refractivity contribution >= 4 is 45.5 Å². The van der Waals surface area contributed by atoms with Gasteiger partial charge in [-0.1, -0.05) is 53.5 Å². The van der Waals surface area contributed by atoms with Crippen LogP contribution in [0.2, 0.25) is 10.0 Å². The lowest BCUT2D eigenvalue weighted by Crippen LogP contribution is -2.34. The van der Waals surface area contributed by atoms with E-state index in [1.54, 1.807) is 12.1 Å². The number of rotatable bonds is 4. The van der Waals surface area contributed by atoms with Crippen LogP contribution in [-0.4, -0.2) is 29.5 Å². The lowest BCUT2D eigenvalue weighted by Gasteiger charge is -2.32. The van der Waals surface area contributed by atoms with Crippen molar-refractivity contribution < 1.29 is 4.92 Å². The van der Waals surface area contributed by atoms with E-state index in [-0.39, 0.29) is 22.6 Å². The summed E-state index contributed by atoms with van der Waals surface area (Å²) < 4.78 is 0. The molecule has 35 heavy (non-hydrogen) atoms. The van der Waals surface area contributed by atoms with E-state index in [9.17, 15) is 10.1 Å². The molecule has 0 amide bonds. The van der Waals surface area contributed by atoms with Crippen LogP contribution in [0.3, 0.4) is 0 Å². The Hall–Kier alpha value is -3.06. The number of hydrogen-bond donors (Lipinski definition) is 2. The van der Waals surface area contributed by atoms with Gasteiger partial charge < -0.3 is 15.2 Å². The minimum absolute atomic E-state index is 0.0148. The van der Waals surface area contributed by atoms with Crippen molar-refractivity contribution in [1.29, 1.82) is 0 Å². The lowest BCUT2D eigenvalue weighted by atomic mass is 9.83. The summed E-state index contributed by atoms with van der Waals surface area (Å²) in [6.07, 6.45) is 2.13. The number of fused-ring (bicyclic) bond motifs is 3. The largest absolute Gasteiger partial charge is 0.366 e. The number of nitro groups is 1. The van der Waals surface area contributed by atoms with E-state index in [4.69, 9.17) is 23.2 Å². The minimum atomic E-state index is -0.262. The molecule has 6 nitrogen and oxygen atoms in total. The van der Waals surface area contributed by atoms with E-state index >= 15 is 0 Å². The van der Waals surface area contributed by atoms with E-state index in [0.29, 0.717) is 22.3 Å². The zero-order chi connectivity index (χ0) is 24.1. The molecule has 0 unspecified atom stereocenters. The number of aromatic nitrogens is 1. The molecule has 1 saturated heterocycles. The molecule has 178 valence electrons. The number of nitrogens with zero attached hydrogens (tertiary/aromatic N) is 2. The standard InChI is InChI=1S/C27H24Cl2N4O2/c28-17-8-9-18(21(29)14-17)20-15-30-26(27-25(20)19-5-1-2-6-22(19)31-27)16-7-10-23(24(13-16)33(34)35)32-11-3-4-12-32/h1-2,5-10,13-14,20,26,30-31H,3-4,11-12,15H2/t20-,26-/m1/s1. The van der Waals surface area contributed by atoms with Crippen LogP contribution in [0.25, 0.3) is 10.9 Å². The van der Waals surface area contributed by atoms with Crippen LogP contribution in [0.5, 0.6) is 0 Å². The second kappa shape index (κ2) is 8.86. The Labute approximate surface area is 213 Å². The van der Waals surface area contributed by atoms with Gasteiger partial charge in [0, 0.05) is 58.3 Å². The Morgan fingerprint density at radius 1 is 1.00 bits per heavy atom. The molecule has 1 fully saturated rings. The average Bonchev–Trinajstić information content (AvgIpc) is 3.52. The van der Waals surface area contributed by atoms with Gasteiger partial charge in [-0.05, 0) is 53.8 Å². The molecule has 2 N–H and O–H groups in total. The van der Waals surface area contributed by atoms with Gasteiger partial charge in [-0.15, -0.1) is 0 Å². The fourth-order valence-electron chi connectivity index (χ4n) is 5.65. The second-order valence-electron chi connectivity index (χ2n) is 9.26. The second-order valence-corrected chi connectivity index (χ2v) is 10.1. The highest BCUT2D eigenvalue weighted by atomic mass is 35.5. The number of hydrogen-bond acceptors (Lipinski definition) is 4. The third kappa shape index (κ3) is 3.86. The summed E-state index contributed by atoms with van der Waals surface area (Å²) in [5.74, 6) is 0.0148. The minimum Gasteiger partial charge on any atom is -0.366 e. The predicted octanol–water partition coefficient (Wildman–Crippen LogP) is 6.81. The summed E-state index contributed by atoms with van der Waals surface area (Å²) >= 11 is 12.8. The van der Waals surface area contributed by atoms with Gasteiger partial charge in [-0.3, -0.25) is 10.1 Å². The Morgan fingerprint density at radius 2 is 1.80 bits per heavy atom. The molecule has 0 spiro atoms. The molecule has 2 aliphatic rings. The Balaban J connectivity index is 1.48. The van der Waals surface area contributed by atoms with Crippen LogP contribution in [0.1, 0.15) is 47.2 Å². The molecule has 4 aromatic rings. The maximum Gasteiger partial charge on any atom is 0.292 e. The van der Waals surface area contributed by atoms with E-state index in [1.807, 2.05) is 36.4 Å². The number of nitro benzene ring substituents is 1. The molecule has 0 aliphatic carbocycles. The van der Waals surface area contributed by atoms with Gasteiger partial charge in [-0.25, -0.2) is 0 Å². The van der Waals surface area contributed by atoms with Crippen molar-refractivity contribution in [2.75, 3.05) is 24.5 Å². The van der Waals surface area contributed by atoms with Crippen LogP contribution in [0.4, 0.5) is 11.4 Å². The zero-order valence-electron chi connectivity index (χ0n) is 18.9. The normalized spacial score (nSPS) is 19.8. The van der Waals surface area contributed by atoms with Gasteiger partial charge in [0.15, 0.2) is 0 Å². The lowest BCUT2D eigenvalue weighted by molar-refractivity contribution is -0.384. The van der Waals surface area contributed by atoms with Crippen LogP contribution in [0, 0.1) is 10.1 Å². The Bertz CT molecular complexity index is 1440. The van der Waals surface area contributed by atoms with Gasteiger partial charge in [0.05, 0.1) is 11.0 Å². The van der Waals surface area contributed by atoms with Crippen molar-refractivity contribution in [2.24, 2.45) is 0 Å². The first-order valence-electron chi connectivity index (χ1n) is 11.8. The van der Waals surface area contributed by atoms with Crippen molar-refractivity contribution in [3.8, 4) is 0 Å². The maximum absolute atomic E-state index is 12.0. The highest BCUT2D eigenvalue weighted by molar-refractivity contribution is 6.35. The van der Waals surface area contributed by atoms with Crippen molar-refractivity contribution in [1.82, 2.24) is 10.3 Å². The highest BCUT2D eigenvalue weighted by Crippen LogP contribution is 2.44. The zero-order valence-corrected chi connectivity index (χ0v) is 20.4. The highest BCUT2D eigenvalue weighted by Gasteiger charge is 2.34. The molecule has 0 saturated carbocycles. The molecule has 3 heterocycles. The number of para-hydroxylation sites is 1. The number of anilines is 1. The van der Waals surface area contributed by atoms with E-state index < -0.39 is 0 Å². The molecular weight excluding hydrogens is 483 g/mol. The molecule has 8 heteroatoms. The van der Waals surface area contributed by atoms with E-state index in [0.717, 1.165) is 53.7 Å². The fraction of sp³-hybridized carbons (Fsp3) is 0.259. The van der Waals surface area contributed by atoms with E-state index in [1.165, 1.54) is 5.56 Å². The van der Waals surface area contributed by atoms with Gasteiger partial charge in [0.25, 0.3) is 5.69 Å². The Morgan fingerprint density at radius 3 is 2.57 bits per heavy atom. The first kappa shape index (κ1) is 22.4. The molecule has 1 aromatic heterocycles.